The van der Waals surface area contributed by atoms with Crippen molar-refractivity contribution in [1.29, 1.82) is 0 Å². The summed E-state index contributed by atoms with van der Waals surface area (Å²) in [7, 11) is 0. The van der Waals surface area contributed by atoms with Crippen molar-refractivity contribution < 1.29 is 25.2 Å². The Kier molecular flexibility index (Phi) is 6.75. The first-order valence-corrected chi connectivity index (χ1v) is 17.0. The molecular weight excluding hydrogens is 733 g/mol. The van der Waals surface area contributed by atoms with Crippen LogP contribution in [0.2, 0.25) is 0 Å². The number of hydrogen-bond donors (Lipinski definition) is 0. The molecule has 0 amide bonds. The van der Waals surface area contributed by atoms with Gasteiger partial charge >= 0.3 is 20.4 Å². The van der Waals surface area contributed by atoms with Crippen LogP contribution in [0.15, 0.2) is 128 Å². The van der Waals surface area contributed by atoms with Crippen LogP contribution in [0.4, 0.5) is 0 Å². The van der Waals surface area contributed by atoms with Gasteiger partial charge in [0.05, 0.1) is 38.9 Å². The van der Waals surface area contributed by atoms with Crippen LogP contribution in [0.1, 0.15) is 11.1 Å². The summed E-state index contributed by atoms with van der Waals surface area (Å²) in [6.07, 6.45) is 3.73. The zero-order valence-electron chi connectivity index (χ0n) is 28.1. The van der Waals surface area contributed by atoms with Gasteiger partial charge < -0.3 is 13.5 Å². The monoisotopic (exact) mass is 759 g/mol. The molecule has 0 bridgehead atoms. The van der Waals surface area contributed by atoms with Crippen molar-refractivity contribution in [3.63, 3.8) is 0 Å². The van der Waals surface area contributed by atoms with Gasteiger partial charge in [-0.2, -0.15) is 0 Å². The number of pyridine rings is 3. The minimum atomic E-state index is 0. The molecular formula is C45H27N5OPd. The van der Waals surface area contributed by atoms with E-state index in [4.69, 9.17) is 14.7 Å². The minimum Gasteiger partial charge on any atom is -0.497 e. The molecule has 0 fully saturated rings. The van der Waals surface area contributed by atoms with Crippen molar-refractivity contribution in [3.05, 3.63) is 151 Å². The van der Waals surface area contributed by atoms with E-state index in [9.17, 15) is 0 Å². The summed E-state index contributed by atoms with van der Waals surface area (Å²) >= 11 is 0. The third-order valence-corrected chi connectivity index (χ3v) is 10.3. The molecule has 0 saturated heterocycles. The van der Waals surface area contributed by atoms with Crippen LogP contribution in [0.25, 0.3) is 87.8 Å². The Morgan fingerprint density at radius 2 is 1.10 bits per heavy atom. The number of rotatable bonds is 3. The van der Waals surface area contributed by atoms with Crippen LogP contribution < -0.4 is 4.74 Å². The first kappa shape index (κ1) is 30.7. The second-order valence-electron chi connectivity index (χ2n) is 13.2. The molecule has 6 aromatic carbocycles. The van der Waals surface area contributed by atoms with Gasteiger partial charge in [0.1, 0.15) is 0 Å². The van der Waals surface area contributed by atoms with E-state index in [-0.39, 0.29) is 20.4 Å². The van der Waals surface area contributed by atoms with Crippen LogP contribution in [0.3, 0.4) is 0 Å². The molecule has 0 unspecified atom stereocenters. The van der Waals surface area contributed by atoms with E-state index in [1.165, 1.54) is 22.3 Å². The third kappa shape index (κ3) is 4.37. The largest absolute Gasteiger partial charge is 2.00 e. The number of nitrogens with zero attached hydrogens (tertiary/aromatic N) is 5. The second kappa shape index (κ2) is 11.4. The van der Waals surface area contributed by atoms with Gasteiger partial charge in [0.2, 0.25) is 0 Å². The number of hydrogen-bond acceptors (Lipinski definition) is 4. The Bertz CT molecular complexity index is 3250. The van der Waals surface area contributed by atoms with Crippen LogP contribution in [-0.4, -0.2) is 23.8 Å². The van der Waals surface area contributed by atoms with Gasteiger partial charge in [0.25, 0.3) is 0 Å². The first-order valence-electron chi connectivity index (χ1n) is 17.0. The van der Waals surface area contributed by atoms with Crippen molar-refractivity contribution in [2.45, 2.75) is 13.8 Å². The fourth-order valence-corrected chi connectivity index (χ4v) is 8.03. The number of aromatic nitrogens is 5. The Morgan fingerprint density at radius 1 is 0.538 bits per heavy atom. The summed E-state index contributed by atoms with van der Waals surface area (Å²) in [6, 6.07) is 47.1. The van der Waals surface area contributed by atoms with Crippen molar-refractivity contribution in [2.24, 2.45) is 0 Å². The molecule has 52 heavy (non-hydrogen) atoms. The average Bonchev–Trinajstić information content (AvgIpc) is 3.75. The molecule has 0 saturated carbocycles. The zero-order chi connectivity index (χ0) is 33.8. The summed E-state index contributed by atoms with van der Waals surface area (Å²) in [4.78, 5) is 14.6. The quantitative estimate of drug-likeness (QED) is 0.102. The summed E-state index contributed by atoms with van der Waals surface area (Å²) in [5.74, 6) is 1.18. The fourth-order valence-electron chi connectivity index (χ4n) is 8.03. The van der Waals surface area contributed by atoms with Gasteiger partial charge in [-0.05, 0) is 83.3 Å². The molecule has 11 rings (SSSR count). The molecule has 0 aliphatic heterocycles. The van der Waals surface area contributed by atoms with Gasteiger partial charge in [-0.15, -0.1) is 12.1 Å². The third-order valence-electron chi connectivity index (χ3n) is 10.3. The number of para-hydroxylation sites is 4. The number of fused-ring (bicyclic) bond motifs is 16. The summed E-state index contributed by atoms with van der Waals surface area (Å²) in [5, 5.41) is 6.11. The Balaban J connectivity index is 0.00000338. The number of imidazole rings is 2. The van der Waals surface area contributed by atoms with Gasteiger partial charge in [-0.25, -0.2) is 0 Å². The van der Waals surface area contributed by atoms with Crippen molar-refractivity contribution in [2.75, 3.05) is 0 Å². The van der Waals surface area contributed by atoms with E-state index in [0.717, 1.165) is 76.7 Å². The molecule has 248 valence electrons. The molecule has 0 aliphatic rings. The number of aryl methyl sites for hydroxylation is 2. The van der Waals surface area contributed by atoms with Gasteiger partial charge in [-0.1, -0.05) is 100 Å². The van der Waals surface area contributed by atoms with Crippen LogP contribution >= 0.6 is 0 Å². The smallest absolute Gasteiger partial charge is 0.497 e. The molecule has 0 spiro atoms. The Hall–Kier alpha value is -6.13. The predicted molar refractivity (Wildman–Crippen MR) is 206 cm³/mol. The first-order chi connectivity index (χ1) is 25.1. The molecule has 0 aliphatic carbocycles. The number of benzene rings is 6. The maximum Gasteiger partial charge on any atom is 2.00 e. The molecule has 11 aromatic rings. The maximum absolute atomic E-state index is 6.57. The summed E-state index contributed by atoms with van der Waals surface area (Å²) < 4.78 is 11.0. The zero-order valence-corrected chi connectivity index (χ0v) is 29.6. The standard InChI is InChI=1S/C45H27N5O.Pd/c1-26-8-7-9-27(2)43(26)28-14-17-33-31-18-15-29(23-35(31)44-47-37-10-3-5-12-39(37)49(44)41(33)22-28)51-30-16-19-32-34-20-21-46-25-42(34)50-40-13-6-4-11-38(40)48-45(50)36(32)24-30;/h3-22,25H,1-2H3;/q-2;+2. The molecule has 5 aromatic heterocycles. The summed E-state index contributed by atoms with van der Waals surface area (Å²) in [5.41, 5.74) is 12.7. The molecule has 0 radical (unpaired) electrons. The van der Waals surface area contributed by atoms with Gasteiger partial charge in [0, 0.05) is 29.4 Å². The van der Waals surface area contributed by atoms with Crippen LogP contribution in [-0.2, 0) is 20.4 Å². The van der Waals surface area contributed by atoms with Gasteiger partial charge in [0.15, 0.2) is 0 Å². The predicted octanol–water partition coefficient (Wildman–Crippen LogP) is 11.0. The maximum atomic E-state index is 6.57. The van der Waals surface area contributed by atoms with E-state index >= 15 is 0 Å². The van der Waals surface area contributed by atoms with Crippen LogP contribution in [0, 0.1) is 26.0 Å². The summed E-state index contributed by atoms with van der Waals surface area (Å²) in [6.45, 7) is 4.36. The molecule has 7 heteroatoms. The Labute approximate surface area is 311 Å². The molecule has 5 heterocycles. The minimum absolute atomic E-state index is 0. The van der Waals surface area contributed by atoms with E-state index in [0.29, 0.717) is 11.5 Å². The van der Waals surface area contributed by atoms with Crippen LogP contribution in [0.5, 0.6) is 11.5 Å². The van der Waals surface area contributed by atoms with Crippen molar-refractivity contribution in [1.82, 2.24) is 23.8 Å². The average molecular weight is 760 g/mol. The SMILES string of the molecule is Cc1cccc(C)c1-c1ccc2c3ccc(Oc4[c-]c5c(cc4)c4ccncc4n4c6ccccc6nc54)[c-]c3c3nc4ccccc4n3c2c1.[Pd+2]. The Morgan fingerprint density at radius 3 is 1.73 bits per heavy atom. The van der Waals surface area contributed by atoms with Crippen molar-refractivity contribution in [3.8, 4) is 22.6 Å². The van der Waals surface area contributed by atoms with E-state index in [1.54, 1.807) is 0 Å². The number of ether oxygens (including phenoxy) is 1. The topological polar surface area (TPSA) is 56.7 Å². The van der Waals surface area contributed by atoms with E-state index < -0.39 is 0 Å². The van der Waals surface area contributed by atoms with Gasteiger partial charge in [-0.3, -0.25) is 15.0 Å². The molecule has 0 atom stereocenters. The second-order valence-corrected chi connectivity index (χ2v) is 13.2. The molecule has 6 nitrogen and oxygen atoms in total. The molecule has 0 N–H and O–H groups in total. The van der Waals surface area contributed by atoms with E-state index in [1.807, 2.05) is 54.9 Å². The van der Waals surface area contributed by atoms with E-state index in [2.05, 4.69) is 113 Å². The fraction of sp³-hybridized carbons (Fsp3) is 0.0444. The van der Waals surface area contributed by atoms with Crippen molar-refractivity contribution >= 4 is 76.7 Å². The normalized spacial score (nSPS) is 11.9.